The highest BCUT2D eigenvalue weighted by Crippen LogP contribution is 2.19. The van der Waals surface area contributed by atoms with Gasteiger partial charge in [-0.15, -0.1) is 11.3 Å². The second-order valence-corrected chi connectivity index (χ2v) is 8.10. The van der Waals surface area contributed by atoms with Gasteiger partial charge in [-0.25, -0.2) is 0 Å². The molecule has 1 amide bonds. The highest BCUT2D eigenvalue weighted by molar-refractivity contribution is 7.98. The predicted octanol–water partition coefficient (Wildman–Crippen LogP) is 4.04. The van der Waals surface area contributed by atoms with Crippen molar-refractivity contribution in [2.45, 2.75) is 12.2 Å². The summed E-state index contributed by atoms with van der Waals surface area (Å²) in [5, 5.41) is 6.95. The molecule has 0 spiro atoms. The number of hydrogen-bond acceptors (Lipinski definition) is 5. The van der Waals surface area contributed by atoms with Crippen LogP contribution in [0.15, 0.2) is 60.0 Å². The van der Waals surface area contributed by atoms with Crippen molar-refractivity contribution < 1.29 is 14.3 Å². The van der Waals surface area contributed by atoms with Gasteiger partial charge in [0.2, 0.25) is 0 Å². The number of carbonyl (C=O) groups excluding carboxylic acids is 2. The fourth-order valence-electron chi connectivity index (χ4n) is 2.68. The molecule has 140 valence electrons. The molecule has 0 aliphatic carbocycles. The molecule has 1 N–H and O–H groups in total. The second-order valence-electron chi connectivity index (χ2n) is 5.96. The average Bonchev–Trinajstić information content (AvgIpc) is 3.20. The summed E-state index contributed by atoms with van der Waals surface area (Å²) in [6.07, 6.45) is 0.158. The van der Waals surface area contributed by atoms with Crippen LogP contribution in [0.2, 0.25) is 0 Å². The van der Waals surface area contributed by atoms with E-state index in [9.17, 15) is 9.59 Å². The van der Waals surface area contributed by atoms with Crippen molar-refractivity contribution in [2.24, 2.45) is 0 Å². The van der Waals surface area contributed by atoms with Crippen molar-refractivity contribution in [1.82, 2.24) is 5.32 Å². The summed E-state index contributed by atoms with van der Waals surface area (Å²) in [6.45, 7) is 0.328. The Morgan fingerprint density at radius 3 is 2.74 bits per heavy atom. The molecule has 0 atom stereocenters. The van der Waals surface area contributed by atoms with Gasteiger partial charge in [0.05, 0.1) is 6.42 Å². The Morgan fingerprint density at radius 1 is 1.04 bits per heavy atom. The quantitative estimate of drug-likeness (QED) is 0.436. The highest BCUT2D eigenvalue weighted by Gasteiger charge is 2.10. The summed E-state index contributed by atoms with van der Waals surface area (Å²) in [5.41, 5.74) is 0.906. The zero-order valence-corrected chi connectivity index (χ0v) is 16.5. The lowest BCUT2D eigenvalue weighted by atomic mass is 10.0. The number of rotatable bonds is 9. The molecule has 0 aliphatic rings. The third kappa shape index (κ3) is 6.12. The van der Waals surface area contributed by atoms with Gasteiger partial charge in [0.1, 0.15) is 0 Å². The molecule has 2 aromatic carbocycles. The predicted molar refractivity (Wildman–Crippen MR) is 112 cm³/mol. The minimum absolute atomic E-state index is 0.158. The number of ether oxygens (including phenoxy) is 1. The van der Waals surface area contributed by atoms with Crippen molar-refractivity contribution in [1.29, 1.82) is 0 Å². The zero-order valence-electron chi connectivity index (χ0n) is 14.9. The first-order valence-corrected chi connectivity index (χ1v) is 10.7. The summed E-state index contributed by atoms with van der Waals surface area (Å²) in [7, 11) is 0. The summed E-state index contributed by atoms with van der Waals surface area (Å²) >= 11 is 3.50. The summed E-state index contributed by atoms with van der Waals surface area (Å²) in [4.78, 5) is 25.2. The number of carbonyl (C=O) groups is 2. The molecule has 1 heterocycles. The Kier molecular flexibility index (Phi) is 7.30. The molecule has 0 fully saturated rings. The van der Waals surface area contributed by atoms with Gasteiger partial charge in [-0.1, -0.05) is 48.5 Å². The molecule has 3 rings (SSSR count). The number of esters is 1. The van der Waals surface area contributed by atoms with E-state index in [0.717, 1.165) is 27.8 Å². The number of hydrogen-bond donors (Lipinski definition) is 1. The monoisotopic (exact) mass is 399 g/mol. The fraction of sp³-hybridized carbons (Fsp3) is 0.238. The van der Waals surface area contributed by atoms with Crippen LogP contribution in [0.4, 0.5) is 0 Å². The molecule has 6 heteroatoms. The molecule has 1 aromatic heterocycles. The van der Waals surface area contributed by atoms with Crippen molar-refractivity contribution in [2.75, 3.05) is 18.9 Å². The van der Waals surface area contributed by atoms with E-state index in [1.165, 1.54) is 4.88 Å². The van der Waals surface area contributed by atoms with Gasteiger partial charge in [-0.2, -0.15) is 11.8 Å². The first-order valence-electron chi connectivity index (χ1n) is 8.71. The minimum Gasteiger partial charge on any atom is -0.455 e. The highest BCUT2D eigenvalue weighted by atomic mass is 32.2. The van der Waals surface area contributed by atoms with Crippen molar-refractivity contribution >= 4 is 45.7 Å². The lowest BCUT2D eigenvalue weighted by Gasteiger charge is -2.08. The Bertz CT molecular complexity index is 888. The van der Waals surface area contributed by atoms with Crippen LogP contribution in [0.3, 0.4) is 0 Å². The Hall–Kier alpha value is -2.31. The number of benzene rings is 2. The molecule has 0 unspecified atom stereocenters. The molecule has 27 heavy (non-hydrogen) atoms. The third-order valence-corrected chi connectivity index (χ3v) is 6.04. The Labute approximate surface area is 166 Å². The molecular formula is C21H21NO3S2. The van der Waals surface area contributed by atoms with Crippen LogP contribution in [0.1, 0.15) is 10.4 Å². The van der Waals surface area contributed by atoms with Gasteiger partial charge >= 0.3 is 5.97 Å². The van der Waals surface area contributed by atoms with E-state index < -0.39 is 5.97 Å². The molecule has 4 nitrogen and oxygen atoms in total. The van der Waals surface area contributed by atoms with Crippen LogP contribution in [-0.2, 0) is 26.5 Å². The van der Waals surface area contributed by atoms with Gasteiger partial charge in [0.15, 0.2) is 6.61 Å². The zero-order chi connectivity index (χ0) is 18.9. The van der Waals surface area contributed by atoms with E-state index in [2.05, 4.69) is 16.8 Å². The second kappa shape index (κ2) is 10.1. The van der Waals surface area contributed by atoms with E-state index in [0.29, 0.717) is 6.54 Å². The van der Waals surface area contributed by atoms with Gasteiger partial charge < -0.3 is 10.1 Å². The first kappa shape index (κ1) is 19.5. The van der Waals surface area contributed by atoms with Crippen LogP contribution in [0.25, 0.3) is 10.8 Å². The van der Waals surface area contributed by atoms with Crippen LogP contribution in [0, 0.1) is 0 Å². The van der Waals surface area contributed by atoms with Crippen LogP contribution in [-0.4, -0.2) is 30.8 Å². The minimum atomic E-state index is -0.395. The molecule has 0 radical (unpaired) electrons. The Morgan fingerprint density at radius 2 is 1.89 bits per heavy atom. The van der Waals surface area contributed by atoms with Crippen LogP contribution >= 0.6 is 23.1 Å². The SMILES string of the molecule is O=C(COC(=O)Cc1cccc2ccccc12)NCCSCc1cccs1. The molecule has 0 saturated carbocycles. The standard InChI is InChI=1S/C21H21NO3S2/c23-20(22-10-12-26-15-18-8-4-11-27-18)14-25-21(24)13-17-7-3-6-16-5-1-2-9-19(16)17/h1-9,11H,10,12-15H2,(H,22,23). The van der Waals surface area contributed by atoms with E-state index in [-0.39, 0.29) is 18.9 Å². The lowest BCUT2D eigenvalue weighted by molar-refractivity contribution is -0.147. The summed E-state index contributed by atoms with van der Waals surface area (Å²) in [5.74, 6) is 1.12. The molecule has 0 saturated heterocycles. The van der Waals surface area contributed by atoms with E-state index in [4.69, 9.17) is 4.74 Å². The largest absolute Gasteiger partial charge is 0.455 e. The first-order chi connectivity index (χ1) is 13.2. The molecule has 0 aliphatic heterocycles. The van der Waals surface area contributed by atoms with Gasteiger partial charge in [-0.05, 0) is 27.8 Å². The number of amides is 1. The van der Waals surface area contributed by atoms with Gasteiger partial charge in [0.25, 0.3) is 5.91 Å². The topological polar surface area (TPSA) is 55.4 Å². The maximum Gasteiger partial charge on any atom is 0.310 e. The average molecular weight is 400 g/mol. The number of nitrogens with one attached hydrogen (secondary N) is 1. The molecule has 0 bridgehead atoms. The maximum atomic E-state index is 12.1. The lowest BCUT2D eigenvalue weighted by Crippen LogP contribution is -2.30. The smallest absolute Gasteiger partial charge is 0.310 e. The number of thioether (sulfide) groups is 1. The van der Waals surface area contributed by atoms with Gasteiger partial charge in [0, 0.05) is 22.9 Å². The third-order valence-electron chi connectivity index (χ3n) is 3.97. The number of fused-ring (bicyclic) bond motifs is 1. The fourth-order valence-corrected chi connectivity index (χ4v) is 4.38. The van der Waals surface area contributed by atoms with Gasteiger partial charge in [-0.3, -0.25) is 9.59 Å². The summed E-state index contributed by atoms with van der Waals surface area (Å²) < 4.78 is 5.12. The summed E-state index contributed by atoms with van der Waals surface area (Å²) in [6, 6.07) is 17.9. The number of thiophene rings is 1. The Balaban J connectivity index is 1.35. The van der Waals surface area contributed by atoms with Crippen LogP contribution < -0.4 is 5.32 Å². The van der Waals surface area contributed by atoms with Crippen molar-refractivity contribution in [3.05, 3.63) is 70.4 Å². The normalized spacial score (nSPS) is 10.7. The van der Waals surface area contributed by atoms with Crippen molar-refractivity contribution in [3.8, 4) is 0 Å². The van der Waals surface area contributed by atoms with Crippen LogP contribution in [0.5, 0.6) is 0 Å². The maximum absolute atomic E-state index is 12.1. The van der Waals surface area contributed by atoms with E-state index in [1.807, 2.05) is 48.5 Å². The van der Waals surface area contributed by atoms with Crippen molar-refractivity contribution in [3.63, 3.8) is 0 Å². The van der Waals surface area contributed by atoms with E-state index >= 15 is 0 Å². The molecular weight excluding hydrogens is 378 g/mol. The molecule has 3 aromatic rings. The van der Waals surface area contributed by atoms with E-state index in [1.54, 1.807) is 23.1 Å².